The molecule has 0 spiro atoms. The van der Waals surface area contributed by atoms with Crippen molar-refractivity contribution >= 4 is 17.0 Å². The van der Waals surface area contributed by atoms with E-state index in [-0.39, 0.29) is 24.4 Å². The lowest BCUT2D eigenvalue weighted by Crippen LogP contribution is -2.27. The van der Waals surface area contributed by atoms with Gasteiger partial charge in [-0.1, -0.05) is 13.8 Å². The molecule has 1 aliphatic rings. The Morgan fingerprint density at radius 2 is 2.26 bits per heavy atom. The van der Waals surface area contributed by atoms with Gasteiger partial charge < -0.3 is 15.6 Å². The van der Waals surface area contributed by atoms with E-state index in [0.717, 1.165) is 6.42 Å². The van der Waals surface area contributed by atoms with Crippen LogP contribution in [-0.4, -0.2) is 37.3 Å². The summed E-state index contributed by atoms with van der Waals surface area (Å²) in [6, 6.07) is 0. The molecule has 3 rings (SSSR count). The average Bonchev–Trinajstić information content (AvgIpc) is 2.90. The van der Waals surface area contributed by atoms with E-state index in [4.69, 9.17) is 10.5 Å². The summed E-state index contributed by atoms with van der Waals surface area (Å²) in [5, 5.41) is 9.38. The summed E-state index contributed by atoms with van der Waals surface area (Å²) in [6.07, 6.45) is 3.49. The van der Waals surface area contributed by atoms with Gasteiger partial charge in [0, 0.05) is 6.42 Å². The number of nitrogens with two attached hydrogens (primary N) is 1. The number of imidazole rings is 1. The van der Waals surface area contributed by atoms with E-state index in [9.17, 15) is 5.11 Å². The Balaban J connectivity index is 2.00. The van der Waals surface area contributed by atoms with Crippen LogP contribution in [0.3, 0.4) is 0 Å². The number of nitrogen functional groups attached to an aromatic ring is 1. The molecule has 0 amide bonds. The molecule has 0 bridgehead atoms. The van der Waals surface area contributed by atoms with Crippen LogP contribution in [0.5, 0.6) is 0 Å². The molecule has 19 heavy (non-hydrogen) atoms. The van der Waals surface area contributed by atoms with Crippen LogP contribution in [-0.2, 0) is 4.74 Å². The number of aliphatic hydroxyl groups is 1. The van der Waals surface area contributed by atoms with Crippen molar-refractivity contribution in [3.8, 4) is 0 Å². The number of anilines is 1. The fourth-order valence-electron chi connectivity index (χ4n) is 2.54. The molecule has 1 fully saturated rings. The minimum absolute atomic E-state index is 0.00720. The summed E-state index contributed by atoms with van der Waals surface area (Å²) in [5.41, 5.74) is 6.92. The minimum Gasteiger partial charge on any atom is -0.394 e. The Hall–Kier alpha value is -1.73. The molecule has 7 nitrogen and oxygen atoms in total. The van der Waals surface area contributed by atoms with Gasteiger partial charge in [0.1, 0.15) is 18.1 Å². The van der Waals surface area contributed by atoms with Crippen molar-refractivity contribution < 1.29 is 9.84 Å². The van der Waals surface area contributed by atoms with Crippen molar-refractivity contribution in [3.63, 3.8) is 0 Å². The van der Waals surface area contributed by atoms with E-state index in [2.05, 4.69) is 28.8 Å². The molecule has 2 aromatic rings. The molecule has 1 unspecified atom stereocenters. The third kappa shape index (κ3) is 1.85. The minimum atomic E-state index is -0.188. The fraction of sp³-hybridized carbons (Fsp3) is 0.583. The molecule has 0 radical (unpaired) electrons. The van der Waals surface area contributed by atoms with E-state index in [0.29, 0.717) is 17.0 Å². The number of fused-ring (bicyclic) bond motifs is 1. The largest absolute Gasteiger partial charge is 0.394 e. The second kappa shape index (κ2) is 4.14. The Morgan fingerprint density at radius 3 is 2.95 bits per heavy atom. The maximum atomic E-state index is 9.38. The lowest BCUT2D eigenvalue weighted by molar-refractivity contribution is -0.0398. The fourth-order valence-corrected chi connectivity index (χ4v) is 2.54. The molecule has 0 aliphatic carbocycles. The van der Waals surface area contributed by atoms with Crippen LogP contribution in [0.25, 0.3) is 11.2 Å². The van der Waals surface area contributed by atoms with Crippen molar-refractivity contribution in [2.24, 2.45) is 5.41 Å². The second-order valence-electron chi connectivity index (χ2n) is 5.54. The van der Waals surface area contributed by atoms with Crippen LogP contribution < -0.4 is 5.73 Å². The smallest absolute Gasteiger partial charge is 0.167 e. The van der Waals surface area contributed by atoms with Crippen LogP contribution in [0.15, 0.2) is 12.7 Å². The van der Waals surface area contributed by atoms with E-state index >= 15 is 0 Å². The van der Waals surface area contributed by atoms with E-state index in [1.54, 1.807) is 6.33 Å². The number of aliphatic hydroxyl groups excluding tert-OH is 1. The quantitative estimate of drug-likeness (QED) is 0.828. The summed E-state index contributed by atoms with van der Waals surface area (Å²) in [4.78, 5) is 12.4. The lowest BCUT2D eigenvalue weighted by atomic mass is 9.85. The molecule has 3 heterocycles. The lowest BCUT2D eigenvalue weighted by Gasteiger charge is -2.22. The summed E-state index contributed by atoms with van der Waals surface area (Å²) < 4.78 is 7.74. The van der Waals surface area contributed by atoms with Crippen molar-refractivity contribution in [1.82, 2.24) is 19.5 Å². The molecular formula is C12H17N5O2. The molecule has 0 aromatic carbocycles. The standard InChI is InChI=1S/C12H17N5O2/c1-12(2)3-8(19-7(12)4-18)17-6-16-9-10(13)14-5-15-11(9)17/h5-8,18H,3-4H2,1-2H3,(H2,13,14,15)/t7?,8-/m0/s1. The molecule has 3 N–H and O–H groups in total. The third-order valence-corrected chi connectivity index (χ3v) is 3.76. The first-order valence-electron chi connectivity index (χ1n) is 6.22. The number of nitrogens with zero attached hydrogens (tertiary/aromatic N) is 4. The highest BCUT2D eigenvalue weighted by Crippen LogP contribution is 2.43. The molecule has 2 atom stereocenters. The number of hydrogen-bond donors (Lipinski definition) is 2. The SMILES string of the molecule is CC1(C)C[C@@H](n2cnc3c(N)ncnc32)OC1CO. The zero-order valence-electron chi connectivity index (χ0n) is 10.9. The summed E-state index contributed by atoms with van der Waals surface area (Å²) in [6.45, 7) is 4.17. The Labute approximate surface area is 110 Å². The van der Waals surface area contributed by atoms with E-state index < -0.39 is 0 Å². The molecule has 102 valence electrons. The predicted molar refractivity (Wildman–Crippen MR) is 69.1 cm³/mol. The van der Waals surface area contributed by atoms with E-state index in [1.165, 1.54) is 6.33 Å². The highest BCUT2D eigenvalue weighted by molar-refractivity contribution is 5.81. The second-order valence-corrected chi connectivity index (χ2v) is 5.54. The molecule has 7 heteroatoms. The monoisotopic (exact) mass is 263 g/mol. The Kier molecular flexibility index (Phi) is 2.68. The van der Waals surface area contributed by atoms with Gasteiger partial charge in [-0.3, -0.25) is 4.57 Å². The highest BCUT2D eigenvalue weighted by atomic mass is 16.5. The Bertz CT molecular complexity index is 609. The first-order valence-corrected chi connectivity index (χ1v) is 6.22. The molecular weight excluding hydrogens is 246 g/mol. The molecule has 1 aliphatic heterocycles. The maximum absolute atomic E-state index is 9.38. The molecule has 1 saturated heterocycles. The summed E-state index contributed by atoms with van der Waals surface area (Å²) in [5.74, 6) is 0.361. The zero-order valence-corrected chi connectivity index (χ0v) is 10.9. The normalized spacial score (nSPS) is 26.1. The highest BCUT2D eigenvalue weighted by Gasteiger charge is 2.42. The van der Waals surface area contributed by atoms with Crippen LogP contribution >= 0.6 is 0 Å². The van der Waals surface area contributed by atoms with Crippen LogP contribution in [0.2, 0.25) is 0 Å². The topological polar surface area (TPSA) is 99.1 Å². The Morgan fingerprint density at radius 1 is 1.47 bits per heavy atom. The number of ether oxygens (including phenoxy) is 1. The zero-order chi connectivity index (χ0) is 13.6. The number of aromatic nitrogens is 4. The van der Waals surface area contributed by atoms with Gasteiger partial charge in [-0.05, 0) is 5.41 Å². The van der Waals surface area contributed by atoms with Crippen LogP contribution in [0.4, 0.5) is 5.82 Å². The van der Waals surface area contributed by atoms with Gasteiger partial charge in [-0.15, -0.1) is 0 Å². The summed E-state index contributed by atoms with van der Waals surface area (Å²) >= 11 is 0. The van der Waals surface area contributed by atoms with Gasteiger partial charge in [-0.25, -0.2) is 15.0 Å². The summed E-state index contributed by atoms with van der Waals surface area (Å²) in [7, 11) is 0. The molecule has 2 aromatic heterocycles. The van der Waals surface area contributed by atoms with Gasteiger partial charge in [-0.2, -0.15) is 0 Å². The molecule has 0 saturated carbocycles. The van der Waals surface area contributed by atoms with Gasteiger partial charge >= 0.3 is 0 Å². The third-order valence-electron chi connectivity index (χ3n) is 3.76. The number of rotatable bonds is 2. The van der Waals surface area contributed by atoms with Crippen LogP contribution in [0.1, 0.15) is 26.5 Å². The maximum Gasteiger partial charge on any atom is 0.167 e. The first kappa shape index (κ1) is 12.3. The van der Waals surface area contributed by atoms with Crippen molar-refractivity contribution in [3.05, 3.63) is 12.7 Å². The van der Waals surface area contributed by atoms with Crippen molar-refractivity contribution in [2.75, 3.05) is 12.3 Å². The van der Waals surface area contributed by atoms with Gasteiger partial charge in [0.05, 0.1) is 19.0 Å². The van der Waals surface area contributed by atoms with Gasteiger partial charge in [0.15, 0.2) is 11.5 Å². The van der Waals surface area contributed by atoms with Gasteiger partial charge in [0.2, 0.25) is 0 Å². The predicted octanol–water partition coefficient (Wildman–Crippen LogP) is 0.714. The average molecular weight is 263 g/mol. The van der Waals surface area contributed by atoms with Crippen molar-refractivity contribution in [2.45, 2.75) is 32.6 Å². The number of hydrogen-bond acceptors (Lipinski definition) is 6. The van der Waals surface area contributed by atoms with Crippen LogP contribution in [0, 0.1) is 5.41 Å². The van der Waals surface area contributed by atoms with Gasteiger partial charge in [0.25, 0.3) is 0 Å². The van der Waals surface area contributed by atoms with Crippen molar-refractivity contribution in [1.29, 1.82) is 0 Å². The van der Waals surface area contributed by atoms with E-state index in [1.807, 2.05) is 4.57 Å². The first-order chi connectivity index (χ1) is 9.03.